The molecule has 0 aliphatic heterocycles. The molecule has 0 fully saturated rings. The van der Waals surface area contributed by atoms with Crippen LogP contribution in [0.5, 0.6) is 0 Å². The monoisotopic (exact) mass is 234 g/mol. The van der Waals surface area contributed by atoms with Crippen molar-refractivity contribution in [3.05, 3.63) is 23.0 Å². The van der Waals surface area contributed by atoms with Gasteiger partial charge in [0.05, 0.1) is 5.69 Å². The summed E-state index contributed by atoms with van der Waals surface area (Å²) in [4.78, 5) is 0. The Balaban J connectivity index is 3.44. The van der Waals surface area contributed by atoms with E-state index in [1.165, 1.54) is 13.8 Å². The van der Waals surface area contributed by atoms with Gasteiger partial charge in [-0.25, -0.2) is 4.39 Å². The molecule has 1 rings (SSSR count). The van der Waals surface area contributed by atoms with E-state index in [1.54, 1.807) is 13.0 Å². The van der Waals surface area contributed by atoms with E-state index in [0.717, 1.165) is 5.69 Å². The van der Waals surface area contributed by atoms with Gasteiger partial charge in [0.15, 0.2) is 0 Å². The van der Waals surface area contributed by atoms with Crippen molar-refractivity contribution in [1.29, 1.82) is 0 Å². The molecule has 0 spiro atoms. The maximum atomic E-state index is 14.1. The molecule has 0 bridgehead atoms. The van der Waals surface area contributed by atoms with E-state index in [0.29, 0.717) is 11.3 Å². The predicted octanol–water partition coefficient (Wildman–Crippen LogP) is 3.35. The Labute approximate surface area is 103 Å². The van der Waals surface area contributed by atoms with Gasteiger partial charge < -0.3 is 0 Å². The van der Waals surface area contributed by atoms with Crippen LogP contribution in [0.15, 0.2) is 6.07 Å². The van der Waals surface area contributed by atoms with Crippen LogP contribution < -0.4 is 0 Å². The predicted molar refractivity (Wildman–Crippen MR) is 67.4 cm³/mol. The van der Waals surface area contributed by atoms with Gasteiger partial charge in [-0.1, -0.05) is 26.7 Å². The number of hydrogen-bond acceptors (Lipinski definition) is 2. The standard InChI is InChI=1S/C14H19FN2/c1-7-8-11-10(14(5,6)15)9-12(17-16-11)13(2,3)4/h9H,1-6H3. The zero-order chi connectivity index (χ0) is 13.3. The highest BCUT2D eigenvalue weighted by atomic mass is 19.1. The minimum absolute atomic E-state index is 0.148. The molecule has 0 aliphatic carbocycles. The lowest BCUT2D eigenvalue weighted by molar-refractivity contribution is 0.219. The van der Waals surface area contributed by atoms with Gasteiger partial charge in [0.25, 0.3) is 0 Å². The van der Waals surface area contributed by atoms with Crippen molar-refractivity contribution in [1.82, 2.24) is 10.2 Å². The number of rotatable bonds is 1. The van der Waals surface area contributed by atoms with Crippen LogP contribution in [-0.2, 0) is 11.1 Å². The lowest BCUT2D eigenvalue weighted by Gasteiger charge is -2.21. The minimum atomic E-state index is -1.46. The third kappa shape index (κ3) is 3.26. The Morgan fingerprint density at radius 1 is 1.12 bits per heavy atom. The Morgan fingerprint density at radius 3 is 2.12 bits per heavy atom. The molecule has 1 aromatic heterocycles. The molecule has 0 aromatic carbocycles. The van der Waals surface area contributed by atoms with Crippen molar-refractivity contribution in [3.63, 3.8) is 0 Å². The molecule has 0 saturated heterocycles. The minimum Gasteiger partial charge on any atom is -0.239 e. The summed E-state index contributed by atoms with van der Waals surface area (Å²) < 4.78 is 14.1. The molecule has 3 heteroatoms. The second-order valence-electron chi connectivity index (χ2n) is 5.59. The first-order valence-corrected chi connectivity index (χ1v) is 5.66. The fourth-order valence-corrected chi connectivity index (χ4v) is 1.42. The van der Waals surface area contributed by atoms with E-state index in [1.807, 2.05) is 20.8 Å². The molecule has 0 amide bonds. The summed E-state index contributed by atoms with van der Waals surface area (Å²) in [7, 11) is 0. The first kappa shape index (κ1) is 13.6. The van der Waals surface area contributed by atoms with Crippen molar-refractivity contribution in [2.75, 3.05) is 0 Å². The van der Waals surface area contributed by atoms with E-state index < -0.39 is 5.67 Å². The van der Waals surface area contributed by atoms with Gasteiger partial charge in [0, 0.05) is 11.0 Å². The summed E-state index contributed by atoms with van der Waals surface area (Å²) in [5.74, 6) is 5.53. The molecule has 0 aliphatic rings. The van der Waals surface area contributed by atoms with E-state index in [4.69, 9.17) is 0 Å². The van der Waals surface area contributed by atoms with Crippen LogP contribution in [0, 0.1) is 11.8 Å². The quantitative estimate of drug-likeness (QED) is 0.696. The summed E-state index contributed by atoms with van der Waals surface area (Å²) in [6.07, 6.45) is 0. The zero-order valence-electron chi connectivity index (χ0n) is 11.3. The maximum Gasteiger partial charge on any atom is 0.142 e. The Morgan fingerprint density at radius 2 is 1.71 bits per heavy atom. The van der Waals surface area contributed by atoms with Crippen molar-refractivity contribution < 1.29 is 4.39 Å². The normalized spacial score (nSPS) is 11.9. The third-order valence-electron chi connectivity index (χ3n) is 2.45. The SMILES string of the molecule is CC#Cc1nnc(C(C)(C)C)cc1C(C)(C)F. The number of halogens is 1. The Hall–Kier alpha value is -1.43. The van der Waals surface area contributed by atoms with Crippen molar-refractivity contribution in [3.8, 4) is 11.8 Å². The number of alkyl halides is 1. The molecule has 0 radical (unpaired) electrons. The molecule has 1 aromatic rings. The molecule has 2 nitrogen and oxygen atoms in total. The molecule has 0 N–H and O–H groups in total. The topological polar surface area (TPSA) is 25.8 Å². The first-order valence-electron chi connectivity index (χ1n) is 5.66. The number of hydrogen-bond donors (Lipinski definition) is 0. The first-order chi connectivity index (χ1) is 7.66. The van der Waals surface area contributed by atoms with Crippen LogP contribution >= 0.6 is 0 Å². The van der Waals surface area contributed by atoms with Crippen molar-refractivity contribution >= 4 is 0 Å². The van der Waals surface area contributed by atoms with Gasteiger partial charge in [-0.05, 0) is 32.8 Å². The summed E-state index contributed by atoms with van der Waals surface area (Å²) in [6, 6.07) is 1.77. The van der Waals surface area contributed by atoms with Crippen LogP contribution in [0.3, 0.4) is 0 Å². The molecular weight excluding hydrogens is 215 g/mol. The average Bonchev–Trinajstić information content (AvgIpc) is 2.15. The molecule has 0 unspecified atom stereocenters. The third-order valence-corrected chi connectivity index (χ3v) is 2.45. The fraction of sp³-hybridized carbons (Fsp3) is 0.571. The number of aromatic nitrogens is 2. The van der Waals surface area contributed by atoms with Gasteiger partial charge >= 0.3 is 0 Å². The summed E-state index contributed by atoms with van der Waals surface area (Å²) in [5, 5.41) is 8.16. The number of nitrogens with zero attached hydrogens (tertiary/aromatic N) is 2. The molecule has 1 heterocycles. The Kier molecular flexibility index (Phi) is 3.56. The van der Waals surface area contributed by atoms with E-state index in [2.05, 4.69) is 22.0 Å². The Bertz CT molecular complexity index is 468. The van der Waals surface area contributed by atoms with Crippen LogP contribution in [0.25, 0.3) is 0 Å². The van der Waals surface area contributed by atoms with Crippen molar-refractivity contribution in [2.45, 2.75) is 52.6 Å². The highest BCUT2D eigenvalue weighted by Crippen LogP contribution is 2.29. The van der Waals surface area contributed by atoms with Crippen LogP contribution in [-0.4, -0.2) is 10.2 Å². The van der Waals surface area contributed by atoms with Gasteiger partial charge in [0.1, 0.15) is 11.4 Å². The molecule has 0 atom stereocenters. The highest BCUT2D eigenvalue weighted by molar-refractivity contribution is 5.39. The van der Waals surface area contributed by atoms with Gasteiger partial charge in [-0.3, -0.25) is 0 Å². The van der Waals surface area contributed by atoms with E-state index in [9.17, 15) is 4.39 Å². The summed E-state index contributed by atoms with van der Waals surface area (Å²) in [5.41, 5.74) is 0.0972. The second kappa shape index (κ2) is 4.44. The van der Waals surface area contributed by atoms with Gasteiger partial charge in [-0.15, -0.1) is 5.10 Å². The molecule has 0 saturated carbocycles. The van der Waals surface area contributed by atoms with Crippen molar-refractivity contribution in [2.24, 2.45) is 0 Å². The van der Waals surface area contributed by atoms with Crippen LogP contribution in [0.1, 0.15) is 58.5 Å². The summed E-state index contributed by atoms with van der Waals surface area (Å²) >= 11 is 0. The van der Waals surface area contributed by atoms with E-state index >= 15 is 0 Å². The fourth-order valence-electron chi connectivity index (χ4n) is 1.42. The van der Waals surface area contributed by atoms with Gasteiger partial charge in [0.2, 0.25) is 0 Å². The molecule has 92 valence electrons. The van der Waals surface area contributed by atoms with E-state index in [-0.39, 0.29) is 5.41 Å². The smallest absolute Gasteiger partial charge is 0.142 e. The maximum absolute atomic E-state index is 14.1. The second-order valence-corrected chi connectivity index (χ2v) is 5.59. The largest absolute Gasteiger partial charge is 0.239 e. The highest BCUT2D eigenvalue weighted by Gasteiger charge is 2.26. The van der Waals surface area contributed by atoms with Crippen LogP contribution in [0.2, 0.25) is 0 Å². The van der Waals surface area contributed by atoms with Gasteiger partial charge in [-0.2, -0.15) is 5.10 Å². The lowest BCUT2D eigenvalue weighted by Crippen LogP contribution is -2.20. The summed E-state index contributed by atoms with van der Waals surface area (Å²) in [6.45, 7) is 10.8. The molecule has 17 heavy (non-hydrogen) atoms. The molecular formula is C14H19FN2. The zero-order valence-corrected chi connectivity index (χ0v) is 11.3. The lowest BCUT2D eigenvalue weighted by atomic mass is 9.88. The average molecular weight is 234 g/mol. The van der Waals surface area contributed by atoms with Crippen LogP contribution in [0.4, 0.5) is 4.39 Å².